The van der Waals surface area contributed by atoms with E-state index in [-0.39, 0.29) is 0 Å². The molecule has 0 radical (unpaired) electrons. The Hall–Kier alpha value is -1.68. The third kappa shape index (κ3) is 2.46. The first-order valence-corrected chi connectivity index (χ1v) is 5.54. The summed E-state index contributed by atoms with van der Waals surface area (Å²) in [6, 6.07) is 11.8. The van der Waals surface area contributed by atoms with Crippen LogP contribution in [-0.2, 0) is 0 Å². The first-order chi connectivity index (χ1) is 7.79. The van der Waals surface area contributed by atoms with E-state index in [4.69, 9.17) is 5.84 Å². The lowest BCUT2D eigenvalue weighted by Gasteiger charge is -2.01. The van der Waals surface area contributed by atoms with Gasteiger partial charge in [-0.1, -0.05) is 24.3 Å². The lowest BCUT2D eigenvalue weighted by atomic mass is 10.1. The molecule has 0 bridgehead atoms. The first kappa shape index (κ1) is 10.8. The highest BCUT2D eigenvalue weighted by atomic mass is 79.9. The van der Waals surface area contributed by atoms with Crippen LogP contribution in [-0.4, -0.2) is 11.2 Å². The average molecular weight is 276 g/mol. The van der Waals surface area contributed by atoms with Crippen molar-refractivity contribution in [1.29, 1.82) is 0 Å². The fourth-order valence-electron chi connectivity index (χ4n) is 1.37. The smallest absolute Gasteiger partial charge is 0.0702 e. The van der Waals surface area contributed by atoms with E-state index in [0.29, 0.717) is 0 Å². The molecule has 2 rings (SSSR count). The Morgan fingerprint density at radius 2 is 1.88 bits per heavy atom. The van der Waals surface area contributed by atoms with Crippen LogP contribution in [0, 0.1) is 0 Å². The van der Waals surface area contributed by atoms with Gasteiger partial charge in [0.2, 0.25) is 0 Å². The molecule has 0 saturated heterocycles. The van der Waals surface area contributed by atoms with Crippen LogP contribution in [0.3, 0.4) is 0 Å². The predicted molar refractivity (Wildman–Crippen MR) is 69.2 cm³/mol. The molecular weight excluding hydrogens is 266 g/mol. The van der Waals surface area contributed by atoms with Gasteiger partial charge in [0.15, 0.2) is 0 Å². The maximum Gasteiger partial charge on any atom is 0.0702 e. The van der Waals surface area contributed by atoms with Crippen LogP contribution in [0.1, 0.15) is 5.56 Å². The van der Waals surface area contributed by atoms with Crippen molar-refractivity contribution in [2.75, 3.05) is 0 Å². The second-order valence-corrected chi connectivity index (χ2v) is 4.18. The van der Waals surface area contributed by atoms with Crippen LogP contribution in [0.15, 0.2) is 52.2 Å². The zero-order chi connectivity index (χ0) is 11.4. The van der Waals surface area contributed by atoms with Crippen molar-refractivity contribution in [1.82, 2.24) is 4.98 Å². The summed E-state index contributed by atoms with van der Waals surface area (Å²) in [5, 5.41) is 3.47. The third-order valence-corrected chi connectivity index (χ3v) is 2.63. The minimum absolute atomic E-state index is 0.944. The van der Waals surface area contributed by atoms with Gasteiger partial charge in [-0.15, -0.1) is 0 Å². The topological polar surface area (TPSA) is 51.3 Å². The van der Waals surface area contributed by atoms with Crippen molar-refractivity contribution >= 4 is 22.1 Å². The van der Waals surface area contributed by atoms with Crippen molar-refractivity contribution in [3.63, 3.8) is 0 Å². The molecule has 0 fully saturated rings. The van der Waals surface area contributed by atoms with Gasteiger partial charge >= 0.3 is 0 Å². The van der Waals surface area contributed by atoms with Gasteiger partial charge in [0.25, 0.3) is 0 Å². The highest BCUT2D eigenvalue weighted by Gasteiger charge is 1.98. The number of rotatable bonds is 2. The molecule has 2 aromatic rings. The molecule has 0 aliphatic heterocycles. The molecule has 80 valence electrons. The monoisotopic (exact) mass is 275 g/mol. The summed E-state index contributed by atoms with van der Waals surface area (Å²) in [5.74, 6) is 5.08. The normalized spacial score (nSPS) is 10.8. The number of hydrogen-bond acceptors (Lipinski definition) is 3. The van der Waals surface area contributed by atoms with E-state index in [1.165, 1.54) is 0 Å². The number of pyridine rings is 1. The summed E-state index contributed by atoms with van der Waals surface area (Å²) in [5.41, 5.74) is 2.99. The lowest BCUT2D eigenvalue weighted by molar-refractivity contribution is 1.26. The molecule has 3 nitrogen and oxygen atoms in total. The zero-order valence-electron chi connectivity index (χ0n) is 8.47. The van der Waals surface area contributed by atoms with E-state index < -0.39 is 0 Å². The standard InChI is InChI=1S/C12H10BrN3/c13-11-5-6-12(15-8-11)10-3-1-9(2-4-10)7-16-14/h1-8H,14H2. The van der Waals surface area contributed by atoms with E-state index in [9.17, 15) is 0 Å². The second-order valence-electron chi connectivity index (χ2n) is 3.26. The van der Waals surface area contributed by atoms with Gasteiger partial charge in [-0.3, -0.25) is 4.98 Å². The number of hydrazone groups is 1. The van der Waals surface area contributed by atoms with Crippen molar-refractivity contribution in [2.24, 2.45) is 10.9 Å². The number of nitrogens with zero attached hydrogens (tertiary/aromatic N) is 2. The maximum atomic E-state index is 5.08. The minimum atomic E-state index is 0.944. The van der Waals surface area contributed by atoms with Gasteiger partial charge in [0.05, 0.1) is 11.9 Å². The molecule has 0 aliphatic carbocycles. The number of nitrogens with two attached hydrogens (primary N) is 1. The van der Waals surface area contributed by atoms with Crippen molar-refractivity contribution in [2.45, 2.75) is 0 Å². The summed E-state index contributed by atoms with van der Waals surface area (Å²) in [6.07, 6.45) is 3.39. The van der Waals surface area contributed by atoms with Crippen molar-refractivity contribution in [3.05, 3.63) is 52.6 Å². The quantitative estimate of drug-likeness (QED) is 0.521. The van der Waals surface area contributed by atoms with Gasteiger partial charge in [0.1, 0.15) is 0 Å². The van der Waals surface area contributed by atoms with Gasteiger partial charge in [-0.2, -0.15) is 5.10 Å². The van der Waals surface area contributed by atoms with Crippen molar-refractivity contribution < 1.29 is 0 Å². The second kappa shape index (κ2) is 4.90. The molecule has 0 unspecified atom stereocenters. The Morgan fingerprint density at radius 1 is 1.12 bits per heavy atom. The van der Waals surface area contributed by atoms with E-state index in [2.05, 4.69) is 26.0 Å². The third-order valence-electron chi connectivity index (χ3n) is 2.16. The number of benzene rings is 1. The fourth-order valence-corrected chi connectivity index (χ4v) is 1.61. The van der Waals surface area contributed by atoms with E-state index in [1.807, 2.05) is 36.4 Å². The van der Waals surface area contributed by atoms with Crippen LogP contribution in [0.4, 0.5) is 0 Å². The molecule has 1 aromatic carbocycles. The Labute approximate surface area is 102 Å². The summed E-state index contributed by atoms with van der Waals surface area (Å²) >= 11 is 3.36. The van der Waals surface area contributed by atoms with Crippen LogP contribution in [0.5, 0.6) is 0 Å². The van der Waals surface area contributed by atoms with Crippen LogP contribution >= 0.6 is 15.9 Å². The summed E-state index contributed by atoms with van der Waals surface area (Å²) in [6.45, 7) is 0. The predicted octanol–water partition coefficient (Wildman–Crippen LogP) is 2.80. The fraction of sp³-hybridized carbons (Fsp3) is 0. The number of hydrogen-bond donors (Lipinski definition) is 1. The molecule has 1 heterocycles. The molecule has 0 spiro atoms. The molecule has 1 aromatic heterocycles. The summed E-state index contributed by atoms with van der Waals surface area (Å²) in [4.78, 5) is 4.32. The van der Waals surface area contributed by atoms with Crippen LogP contribution in [0.2, 0.25) is 0 Å². The average Bonchev–Trinajstić information content (AvgIpc) is 2.32. The maximum absolute atomic E-state index is 5.08. The van der Waals surface area contributed by atoms with Gasteiger partial charge in [0, 0.05) is 16.2 Å². The molecule has 0 aliphatic rings. The van der Waals surface area contributed by atoms with Crippen molar-refractivity contribution in [3.8, 4) is 11.3 Å². The SMILES string of the molecule is NN=Cc1ccc(-c2ccc(Br)cn2)cc1. The highest BCUT2D eigenvalue weighted by molar-refractivity contribution is 9.10. The van der Waals surface area contributed by atoms with Crippen LogP contribution in [0.25, 0.3) is 11.3 Å². The molecule has 4 heteroatoms. The Kier molecular flexibility index (Phi) is 3.31. The molecule has 2 N–H and O–H groups in total. The van der Waals surface area contributed by atoms with E-state index >= 15 is 0 Å². The highest BCUT2D eigenvalue weighted by Crippen LogP contribution is 2.18. The van der Waals surface area contributed by atoms with Gasteiger partial charge < -0.3 is 5.84 Å². The van der Waals surface area contributed by atoms with Gasteiger partial charge in [-0.25, -0.2) is 0 Å². The molecule has 0 saturated carbocycles. The first-order valence-electron chi connectivity index (χ1n) is 4.75. The Bertz CT molecular complexity index is 489. The number of halogens is 1. The lowest BCUT2D eigenvalue weighted by Crippen LogP contribution is -1.87. The Balaban J connectivity index is 2.31. The van der Waals surface area contributed by atoms with Gasteiger partial charge in [-0.05, 0) is 33.6 Å². The Morgan fingerprint density at radius 3 is 2.44 bits per heavy atom. The minimum Gasteiger partial charge on any atom is -0.323 e. The number of aromatic nitrogens is 1. The summed E-state index contributed by atoms with van der Waals surface area (Å²) < 4.78 is 0.975. The van der Waals surface area contributed by atoms with E-state index in [1.54, 1.807) is 12.4 Å². The van der Waals surface area contributed by atoms with E-state index in [0.717, 1.165) is 21.3 Å². The molecule has 0 atom stereocenters. The van der Waals surface area contributed by atoms with Crippen LogP contribution < -0.4 is 5.84 Å². The molecule has 16 heavy (non-hydrogen) atoms. The molecule has 0 amide bonds. The zero-order valence-corrected chi connectivity index (χ0v) is 10.1. The summed E-state index contributed by atoms with van der Waals surface area (Å²) in [7, 11) is 0. The molecular formula is C12H10BrN3. The largest absolute Gasteiger partial charge is 0.323 e.